The molecule has 3 rings (SSSR count). The van der Waals surface area contributed by atoms with Crippen LogP contribution >= 0.6 is 0 Å². The summed E-state index contributed by atoms with van der Waals surface area (Å²) in [5.41, 5.74) is 3.80. The quantitative estimate of drug-likeness (QED) is 0.695. The summed E-state index contributed by atoms with van der Waals surface area (Å²) in [6.45, 7) is 2.13. The van der Waals surface area contributed by atoms with Crippen molar-refractivity contribution < 1.29 is 0 Å². The van der Waals surface area contributed by atoms with Crippen LogP contribution in [-0.2, 0) is 0 Å². The number of hydrogen-bond acceptors (Lipinski definition) is 2. The van der Waals surface area contributed by atoms with Gasteiger partial charge in [-0.2, -0.15) is 5.26 Å². The van der Waals surface area contributed by atoms with Crippen molar-refractivity contribution in [1.82, 2.24) is 9.55 Å². The molecule has 0 bridgehead atoms. The molecule has 3 heteroatoms. The minimum atomic E-state index is 0.195. The molecule has 0 fully saturated rings. The number of nitriles is 1. The molecule has 0 N–H and O–H groups in total. The summed E-state index contributed by atoms with van der Waals surface area (Å²) in [4.78, 5) is 4.39. The van der Waals surface area contributed by atoms with Gasteiger partial charge in [0.1, 0.15) is 0 Å². The molecule has 0 aliphatic heterocycles. The average Bonchev–Trinajstić information content (AvgIpc) is 2.90. The van der Waals surface area contributed by atoms with E-state index in [9.17, 15) is 0 Å². The van der Waals surface area contributed by atoms with Gasteiger partial charge in [-0.3, -0.25) is 0 Å². The monoisotopic (exact) mass is 247 g/mol. The number of benzene rings is 2. The number of nitrogens with zero attached hydrogens (tertiary/aromatic N) is 3. The van der Waals surface area contributed by atoms with Crippen molar-refractivity contribution >= 4 is 11.0 Å². The minimum Gasteiger partial charge on any atom is -0.323 e. The van der Waals surface area contributed by atoms with Crippen molar-refractivity contribution in [3.05, 3.63) is 66.0 Å². The molecule has 3 nitrogen and oxygen atoms in total. The molecular weight excluding hydrogens is 234 g/mol. The molecule has 0 aliphatic carbocycles. The van der Waals surface area contributed by atoms with Crippen LogP contribution in [0.25, 0.3) is 11.0 Å². The number of hydrogen-bond donors (Lipinski definition) is 0. The first kappa shape index (κ1) is 11.5. The van der Waals surface area contributed by atoms with E-state index in [1.54, 1.807) is 6.07 Å². The molecule has 19 heavy (non-hydrogen) atoms. The Morgan fingerprint density at radius 3 is 2.68 bits per heavy atom. The summed E-state index contributed by atoms with van der Waals surface area (Å²) >= 11 is 0. The van der Waals surface area contributed by atoms with Crippen molar-refractivity contribution in [2.45, 2.75) is 13.0 Å². The van der Waals surface area contributed by atoms with Gasteiger partial charge in [-0.05, 0) is 30.7 Å². The average molecular weight is 247 g/mol. The summed E-state index contributed by atoms with van der Waals surface area (Å²) in [6.07, 6.45) is 1.84. The lowest BCUT2D eigenvalue weighted by molar-refractivity contribution is 0.658. The highest BCUT2D eigenvalue weighted by Crippen LogP contribution is 2.23. The Kier molecular flexibility index (Phi) is 2.77. The zero-order chi connectivity index (χ0) is 13.2. The molecule has 0 radical (unpaired) electrons. The summed E-state index contributed by atoms with van der Waals surface area (Å²) in [5.74, 6) is 0. The van der Waals surface area contributed by atoms with E-state index in [-0.39, 0.29) is 6.04 Å². The Balaban J connectivity index is 2.13. The predicted octanol–water partition coefficient (Wildman–Crippen LogP) is 3.52. The van der Waals surface area contributed by atoms with Crippen LogP contribution in [0.4, 0.5) is 0 Å². The highest BCUT2D eigenvalue weighted by Gasteiger charge is 2.11. The van der Waals surface area contributed by atoms with Crippen LogP contribution in [0.3, 0.4) is 0 Å². The van der Waals surface area contributed by atoms with Crippen LogP contribution in [0.1, 0.15) is 24.1 Å². The third-order valence-electron chi connectivity index (χ3n) is 3.40. The fraction of sp³-hybridized carbons (Fsp3) is 0.125. The number of rotatable bonds is 2. The van der Waals surface area contributed by atoms with Crippen LogP contribution in [-0.4, -0.2) is 9.55 Å². The molecule has 0 saturated carbocycles. The summed E-state index contributed by atoms with van der Waals surface area (Å²) in [5, 5.41) is 9.00. The van der Waals surface area contributed by atoms with Gasteiger partial charge in [0.25, 0.3) is 0 Å². The smallest absolute Gasteiger partial charge is 0.0992 e. The molecule has 2 aromatic carbocycles. The molecule has 0 amide bonds. The van der Waals surface area contributed by atoms with Gasteiger partial charge >= 0.3 is 0 Å². The molecule has 92 valence electrons. The zero-order valence-corrected chi connectivity index (χ0v) is 10.6. The lowest BCUT2D eigenvalue weighted by Gasteiger charge is -2.14. The number of imidazole rings is 1. The molecule has 0 saturated heterocycles. The molecule has 0 unspecified atom stereocenters. The normalized spacial score (nSPS) is 12.2. The van der Waals surface area contributed by atoms with Gasteiger partial charge < -0.3 is 4.57 Å². The first-order valence-corrected chi connectivity index (χ1v) is 6.21. The zero-order valence-electron chi connectivity index (χ0n) is 10.6. The van der Waals surface area contributed by atoms with Gasteiger partial charge in [-0.25, -0.2) is 4.98 Å². The van der Waals surface area contributed by atoms with E-state index in [1.165, 1.54) is 5.56 Å². The topological polar surface area (TPSA) is 41.6 Å². The Bertz CT molecular complexity index is 751. The highest BCUT2D eigenvalue weighted by atomic mass is 15.1. The van der Waals surface area contributed by atoms with Gasteiger partial charge in [0, 0.05) is 0 Å². The fourth-order valence-corrected chi connectivity index (χ4v) is 2.30. The van der Waals surface area contributed by atoms with Crippen LogP contribution < -0.4 is 0 Å². The molecule has 0 spiro atoms. The van der Waals surface area contributed by atoms with Gasteiger partial charge in [0.15, 0.2) is 0 Å². The van der Waals surface area contributed by atoms with Crippen LogP contribution in [0.5, 0.6) is 0 Å². The first-order chi connectivity index (χ1) is 9.29. The maximum absolute atomic E-state index is 9.00. The Morgan fingerprint density at radius 2 is 1.95 bits per heavy atom. The molecule has 0 aliphatic rings. The second-order valence-electron chi connectivity index (χ2n) is 4.55. The second-order valence-corrected chi connectivity index (χ2v) is 4.55. The van der Waals surface area contributed by atoms with Gasteiger partial charge in [0.2, 0.25) is 0 Å². The van der Waals surface area contributed by atoms with E-state index in [0.717, 1.165) is 11.0 Å². The van der Waals surface area contributed by atoms with Gasteiger partial charge in [0.05, 0.1) is 35.0 Å². The maximum Gasteiger partial charge on any atom is 0.0992 e. The standard InChI is InChI=1S/C16H13N3/c1-12(14-5-3-2-4-6-14)19-11-18-15-8-7-13(10-17)9-16(15)19/h2-9,11-12H,1H3/t12-/m1/s1. The Hall–Kier alpha value is -2.60. The minimum absolute atomic E-state index is 0.195. The summed E-state index contributed by atoms with van der Waals surface area (Å²) in [6, 6.07) is 18.2. The van der Waals surface area contributed by atoms with Crippen molar-refractivity contribution in [2.75, 3.05) is 0 Å². The van der Waals surface area contributed by atoms with Gasteiger partial charge in [-0.15, -0.1) is 0 Å². The molecule has 1 heterocycles. The van der Waals surface area contributed by atoms with E-state index in [1.807, 2.05) is 36.7 Å². The molecular formula is C16H13N3. The number of fused-ring (bicyclic) bond motifs is 1. The fourth-order valence-electron chi connectivity index (χ4n) is 2.30. The van der Waals surface area contributed by atoms with E-state index >= 15 is 0 Å². The van der Waals surface area contributed by atoms with E-state index in [4.69, 9.17) is 5.26 Å². The first-order valence-electron chi connectivity index (χ1n) is 6.21. The highest BCUT2D eigenvalue weighted by molar-refractivity contribution is 5.77. The lowest BCUT2D eigenvalue weighted by Crippen LogP contribution is -2.05. The molecule has 1 atom stereocenters. The third kappa shape index (κ3) is 1.98. The van der Waals surface area contributed by atoms with Crippen LogP contribution in [0.15, 0.2) is 54.9 Å². The van der Waals surface area contributed by atoms with Crippen molar-refractivity contribution in [3.8, 4) is 6.07 Å². The van der Waals surface area contributed by atoms with E-state index in [2.05, 4.69) is 34.7 Å². The summed E-state index contributed by atoms with van der Waals surface area (Å²) in [7, 11) is 0. The lowest BCUT2D eigenvalue weighted by atomic mass is 10.1. The van der Waals surface area contributed by atoms with E-state index in [0.29, 0.717) is 5.56 Å². The molecule has 1 aromatic heterocycles. The predicted molar refractivity (Wildman–Crippen MR) is 74.7 cm³/mol. The number of aromatic nitrogens is 2. The second kappa shape index (κ2) is 4.58. The maximum atomic E-state index is 9.00. The molecule has 3 aromatic rings. The van der Waals surface area contributed by atoms with E-state index < -0.39 is 0 Å². The summed E-state index contributed by atoms with van der Waals surface area (Å²) < 4.78 is 2.10. The third-order valence-corrected chi connectivity index (χ3v) is 3.40. The van der Waals surface area contributed by atoms with Crippen molar-refractivity contribution in [1.29, 1.82) is 5.26 Å². The Morgan fingerprint density at radius 1 is 1.16 bits per heavy atom. The van der Waals surface area contributed by atoms with Crippen molar-refractivity contribution in [2.24, 2.45) is 0 Å². The van der Waals surface area contributed by atoms with Crippen LogP contribution in [0.2, 0.25) is 0 Å². The van der Waals surface area contributed by atoms with Crippen LogP contribution in [0, 0.1) is 11.3 Å². The Labute approximate surface area is 111 Å². The van der Waals surface area contributed by atoms with Gasteiger partial charge in [-0.1, -0.05) is 30.3 Å². The van der Waals surface area contributed by atoms with Crippen molar-refractivity contribution in [3.63, 3.8) is 0 Å². The largest absolute Gasteiger partial charge is 0.323 e. The SMILES string of the molecule is C[C@H](c1ccccc1)n1cnc2ccc(C#N)cc21.